The molecular weight excluding hydrogens is 362 g/mol. The summed E-state index contributed by atoms with van der Waals surface area (Å²) < 4.78 is 2.92. The number of anilines is 1. The smallest absolute Gasteiger partial charge is 0.226 e. The lowest BCUT2D eigenvalue weighted by Gasteiger charge is -2.22. The lowest BCUT2D eigenvalue weighted by molar-refractivity contribution is -0.116. The Morgan fingerprint density at radius 2 is 2.23 bits per heavy atom. The van der Waals surface area contributed by atoms with Crippen LogP contribution in [0.3, 0.4) is 0 Å². The van der Waals surface area contributed by atoms with Gasteiger partial charge in [0.15, 0.2) is 0 Å². The summed E-state index contributed by atoms with van der Waals surface area (Å²) >= 11 is 5.15. The van der Waals surface area contributed by atoms with Crippen LogP contribution in [0.25, 0.3) is 5.69 Å². The van der Waals surface area contributed by atoms with Gasteiger partial charge in [-0.25, -0.2) is 4.98 Å². The number of halogens is 1. The second kappa shape index (κ2) is 5.37. The third-order valence-corrected chi connectivity index (χ3v) is 5.23. The van der Waals surface area contributed by atoms with E-state index in [0.29, 0.717) is 6.42 Å². The van der Waals surface area contributed by atoms with Crippen molar-refractivity contribution < 1.29 is 4.79 Å². The number of rotatable bonds is 2. The second-order valence-electron chi connectivity index (χ2n) is 5.15. The highest BCUT2D eigenvalue weighted by Crippen LogP contribution is 2.39. The van der Waals surface area contributed by atoms with Gasteiger partial charge in [-0.15, -0.1) is 11.3 Å². The molecule has 0 radical (unpaired) electrons. The van der Waals surface area contributed by atoms with Gasteiger partial charge in [0.2, 0.25) is 5.91 Å². The van der Waals surface area contributed by atoms with Crippen LogP contribution in [-0.4, -0.2) is 15.5 Å². The number of nitrogens with zero attached hydrogens (tertiary/aromatic N) is 2. The Bertz CT molecular complexity index is 841. The van der Waals surface area contributed by atoms with Gasteiger partial charge < -0.3 is 5.32 Å². The lowest BCUT2D eigenvalue weighted by atomic mass is 9.96. The molecule has 2 aromatic heterocycles. The fourth-order valence-electron chi connectivity index (χ4n) is 2.75. The van der Waals surface area contributed by atoms with Crippen LogP contribution in [0.15, 0.2) is 52.6 Å². The van der Waals surface area contributed by atoms with Crippen molar-refractivity contribution in [3.05, 3.63) is 63.1 Å². The van der Waals surface area contributed by atoms with Crippen LogP contribution in [0, 0.1) is 0 Å². The van der Waals surface area contributed by atoms with Crippen LogP contribution >= 0.6 is 27.3 Å². The minimum Gasteiger partial charge on any atom is -0.310 e. The lowest BCUT2D eigenvalue weighted by Crippen LogP contribution is -2.24. The number of hydrogen-bond acceptors (Lipinski definition) is 3. The molecule has 0 spiro atoms. The molecule has 1 aromatic carbocycles. The van der Waals surface area contributed by atoms with E-state index in [4.69, 9.17) is 0 Å². The van der Waals surface area contributed by atoms with Crippen molar-refractivity contribution in [1.82, 2.24) is 9.55 Å². The summed E-state index contributed by atoms with van der Waals surface area (Å²) in [4.78, 5) is 17.9. The molecule has 0 fully saturated rings. The van der Waals surface area contributed by atoms with Crippen LogP contribution in [-0.2, 0) is 4.79 Å². The van der Waals surface area contributed by atoms with Gasteiger partial charge in [0.1, 0.15) is 12.1 Å². The fraction of sp³-hybridized carbons (Fsp3) is 0.125. The third-order valence-electron chi connectivity index (χ3n) is 3.75. The molecule has 1 aliphatic rings. The maximum atomic E-state index is 12.1. The van der Waals surface area contributed by atoms with Gasteiger partial charge in [0, 0.05) is 27.4 Å². The van der Waals surface area contributed by atoms with Gasteiger partial charge in [-0.2, -0.15) is 0 Å². The Kier molecular flexibility index (Phi) is 3.35. The number of amides is 1. The molecule has 0 saturated heterocycles. The van der Waals surface area contributed by atoms with Crippen molar-refractivity contribution in [2.75, 3.05) is 5.32 Å². The molecule has 1 N–H and O–H groups in total. The number of aromatic nitrogens is 2. The van der Waals surface area contributed by atoms with Gasteiger partial charge >= 0.3 is 0 Å². The summed E-state index contributed by atoms with van der Waals surface area (Å²) in [6.45, 7) is 0. The molecule has 1 atom stereocenters. The first-order chi connectivity index (χ1) is 10.7. The Hall–Kier alpha value is -1.92. The molecule has 0 aliphatic carbocycles. The van der Waals surface area contributed by atoms with Crippen LogP contribution in [0.1, 0.15) is 22.9 Å². The summed E-state index contributed by atoms with van der Waals surface area (Å²) in [6, 6.07) is 12.0. The molecule has 4 rings (SSSR count). The topological polar surface area (TPSA) is 46.9 Å². The molecule has 3 aromatic rings. The standard InChI is InChI=1S/C16H12BrN3OS/c17-10-3-1-4-11(7-10)20-9-18-15-12(13-5-2-6-22-13)8-14(21)19-16(15)20/h1-7,9,12H,8H2,(H,19,21)/t12-/m0/s1. The number of carbonyl (C=O) groups excluding carboxylic acids is 1. The van der Waals surface area contributed by atoms with E-state index in [1.165, 1.54) is 4.88 Å². The molecule has 110 valence electrons. The summed E-state index contributed by atoms with van der Waals surface area (Å²) in [6.07, 6.45) is 2.22. The molecule has 1 aliphatic heterocycles. The van der Waals surface area contributed by atoms with E-state index in [2.05, 4.69) is 32.3 Å². The summed E-state index contributed by atoms with van der Waals surface area (Å²) in [5, 5.41) is 5.00. The van der Waals surface area contributed by atoms with Crippen LogP contribution < -0.4 is 5.32 Å². The predicted octanol–water partition coefficient (Wildman–Crippen LogP) is 4.17. The van der Waals surface area contributed by atoms with E-state index in [0.717, 1.165) is 21.7 Å². The first-order valence-corrected chi connectivity index (χ1v) is 8.56. The first kappa shape index (κ1) is 13.7. The van der Waals surface area contributed by atoms with Crippen LogP contribution in [0.5, 0.6) is 0 Å². The molecule has 22 heavy (non-hydrogen) atoms. The zero-order valence-corrected chi connectivity index (χ0v) is 13.9. The maximum Gasteiger partial charge on any atom is 0.226 e. The number of fused-ring (bicyclic) bond motifs is 1. The molecule has 1 amide bonds. The average molecular weight is 374 g/mol. The monoisotopic (exact) mass is 373 g/mol. The molecular formula is C16H12BrN3OS. The number of nitrogens with one attached hydrogen (secondary N) is 1. The van der Waals surface area contributed by atoms with Gasteiger partial charge in [0.25, 0.3) is 0 Å². The van der Waals surface area contributed by atoms with Crippen molar-refractivity contribution in [3.63, 3.8) is 0 Å². The minimum atomic E-state index is 0.0302. The average Bonchev–Trinajstić information content (AvgIpc) is 3.16. The highest BCUT2D eigenvalue weighted by atomic mass is 79.9. The zero-order valence-electron chi connectivity index (χ0n) is 11.5. The fourth-order valence-corrected chi connectivity index (χ4v) is 3.97. The number of hydrogen-bond donors (Lipinski definition) is 1. The maximum absolute atomic E-state index is 12.1. The SMILES string of the molecule is O=C1C[C@@H](c2cccs2)c2ncn(-c3cccc(Br)c3)c2N1. The molecule has 3 heterocycles. The summed E-state index contributed by atoms with van der Waals surface area (Å²) in [5.41, 5.74) is 1.90. The quantitative estimate of drug-likeness (QED) is 0.732. The van der Waals surface area contributed by atoms with Crippen molar-refractivity contribution in [1.29, 1.82) is 0 Å². The van der Waals surface area contributed by atoms with E-state index in [1.54, 1.807) is 17.7 Å². The molecule has 0 saturated carbocycles. The number of carbonyl (C=O) groups is 1. The second-order valence-corrected chi connectivity index (χ2v) is 7.04. The number of imidazole rings is 1. The van der Waals surface area contributed by atoms with Crippen molar-refractivity contribution in [2.45, 2.75) is 12.3 Å². The van der Waals surface area contributed by atoms with Gasteiger partial charge in [-0.3, -0.25) is 9.36 Å². The van der Waals surface area contributed by atoms with Crippen LogP contribution in [0.2, 0.25) is 0 Å². The van der Waals surface area contributed by atoms with E-state index in [-0.39, 0.29) is 11.8 Å². The highest BCUT2D eigenvalue weighted by molar-refractivity contribution is 9.10. The number of benzene rings is 1. The molecule has 6 heteroatoms. The van der Waals surface area contributed by atoms with Gasteiger partial charge in [-0.05, 0) is 29.6 Å². The molecule has 0 unspecified atom stereocenters. The van der Waals surface area contributed by atoms with Crippen molar-refractivity contribution >= 4 is 39.0 Å². The first-order valence-electron chi connectivity index (χ1n) is 6.89. The van der Waals surface area contributed by atoms with E-state index >= 15 is 0 Å². The highest BCUT2D eigenvalue weighted by Gasteiger charge is 2.31. The Morgan fingerprint density at radius 3 is 3.00 bits per heavy atom. The van der Waals surface area contributed by atoms with E-state index in [9.17, 15) is 4.79 Å². The number of thiophene rings is 1. The predicted molar refractivity (Wildman–Crippen MR) is 90.7 cm³/mol. The Balaban J connectivity index is 1.84. The largest absolute Gasteiger partial charge is 0.310 e. The Labute approximate surface area is 139 Å². The Morgan fingerprint density at radius 1 is 1.32 bits per heavy atom. The van der Waals surface area contributed by atoms with Gasteiger partial charge in [-0.1, -0.05) is 28.1 Å². The van der Waals surface area contributed by atoms with E-state index in [1.807, 2.05) is 40.3 Å². The van der Waals surface area contributed by atoms with Crippen molar-refractivity contribution in [2.24, 2.45) is 0 Å². The van der Waals surface area contributed by atoms with Crippen LogP contribution in [0.4, 0.5) is 5.82 Å². The zero-order chi connectivity index (χ0) is 15.1. The molecule has 0 bridgehead atoms. The minimum absolute atomic E-state index is 0.0302. The normalized spacial score (nSPS) is 17.1. The summed E-state index contributed by atoms with van der Waals surface area (Å²) in [5.74, 6) is 0.840. The van der Waals surface area contributed by atoms with E-state index < -0.39 is 0 Å². The summed E-state index contributed by atoms with van der Waals surface area (Å²) in [7, 11) is 0. The van der Waals surface area contributed by atoms with Crippen molar-refractivity contribution in [3.8, 4) is 5.69 Å². The molecule has 4 nitrogen and oxygen atoms in total. The van der Waals surface area contributed by atoms with Gasteiger partial charge in [0.05, 0.1) is 5.69 Å². The third kappa shape index (κ3) is 2.28.